The second-order valence-corrected chi connectivity index (χ2v) is 8.26. The second kappa shape index (κ2) is 9.63. The molecule has 168 valence electrons. The zero-order valence-corrected chi connectivity index (χ0v) is 18.5. The van der Waals surface area contributed by atoms with E-state index in [0.717, 1.165) is 38.3 Å². The van der Waals surface area contributed by atoms with Crippen molar-refractivity contribution in [2.45, 2.75) is 26.4 Å². The number of hydrogen-bond acceptors (Lipinski definition) is 5. The molecule has 7 heteroatoms. The maximum atomic E-state index is 14.2. The number of benzene rings is 1. The van der Waals surface area contributed by atoms with Crippen LogP contribution in [0, 0.1) is 12.7 Å². The molecular formula is C25H29FN4O2. The van der Waals surface area contributed by atoms with Gasteiger partial charge in [-0.15, -0.1) is 0 Å². The SMILES string of the molecule is CCN1CCN(C(c2cccc(F)c2)c2c(O)cc(C)n(Cc3cccnc3)c2=O)CC1. The number of nitrogens with zero attached hydrogens (tertiary/aromatic N) is 4. The van der Waals surface area contributed by atoms with E-state index in [2.05, 4.69) is 21.7 Å². The first-order chi connectivity index (χ1) is 15.5. The highest BCUT2D eigenvalue weighted by molar-refractivity contribution is 5.41. The van der Waals surface area contributed by atoms with E-state index in [1.165, 1.54) is 12.1 Å². The first-order valence-electron chi connectivity index (χ1n) is 11.0. The smallest absolute Gasteiger partial charge is 0.259 e. The molecule has 0 spiro atoms. The van der Waals surface area contributed by atoms with Crippen LogP contribution in [0.2, 0.25) is 0 Å². The van der Waals surface area contributed by atoms with Crippen LogP contribution in [0.1, 0.15) is 35.3 Å². The lowest BCUT2D eigenvalue weighted by atomic mass is 9.95. The van der Waals surface area contributed by atoms with Gasteiger partial charge in [0.25, 0.3) is 5.56 Å². The van der Waals surface area contributed by atoms with Crippen molar-refractivity contribution in [3.63, 3.8) is 0 Å². The summed E-state index contributed by atoms with van der Waals surface area (Å²) in [6.45, 7) is 8.42. The quantitative estimate of drug-likeness (QED) is 0.643. The van der Waals surface area contributed by atoms with Gasteiger partial charge in [-0.2, -0.15) is 0 Å². The zero-order valence-electron chi connectivity index (χ0n) is 18.5. The largest absolute Gasteiger partial charge is 0.507 e. The Morgan fingerprint density at radius 1 is 1.12 bits per heavy atom. The van der Waals surface area contributed by atoms with Crippen LogP contribution in [0.15, 0.2) is 59.7 Å². The molecule has 32 heavy (non-hydrogen) atoms. The first-order valence-corrected chi connectivity index (χ1v) is 11.0. The van der Waals surface area contributed by atoms with Gasteiger partial charge in [-0.1, -0.05) is 25.1 Å². The highest BCUT2D eigenvalue weighted by Gasteiger charge is 2.31. The van der Waals surface area contributed by atoms with Crippen LogP contribution in [0.4, 0.5) is 4.39 Å². The highest BCUT2D eigenvalue weighted by Crippen LogP contribution is 2.33. The normalized spacial score (nSPS) is 16.2. The molecule has 3 aromatic rings. The number of piperazine rings is 1. The Balaban J connectivity index is 1.82. The van der Waals surface area contributed by atoms with E-state index in [1.807, 2.05) is 18.2 Å². The van der Waals surface area contributed by atoms with Gasteiger partial charge in [-0.25, -0.2) is 4.39 Å². The Bertz CT molecular complexity index is 1120. The number of halogens is 1. The molecule has 2 aromatic heterocycles. The van der Waals surface area contributed by atoms with E-state index in [-0.39, 0.29) is 22.7 Å². The molecule has 1 aromatic carbocycles. The summed E-state index contributed by atoms with van der Waals surface area (Å²) >= 11 is 0. The third kappa shape index (κ3) is 4.59. The maximum absolute atomic E-state index is 14.2. The average molecular weight is 437 g/mol. The van der Waals surface area contributed by atoms with Crippen LogP contribution in [0.5, 0.6) is 5.75 Å². The number of rotatable bonds is 6. The van der Waals surface area contributed by atoms with Crippen molar-refractivity contribution in [2.24, 2.45) is 0 Å². The molecule has 1 unspecified atom stereocenters. The van der Waals surface area contributed by atoms with E-state index in [1.54, 1.807) is 36.0 Å². The molecule has 1 N–H and O–H groups in total. The van der Waals surface area contributed by atoms with Crippen LogP contribution in [0.25, 0.3) is 0 Å². The Labute approximate surface area is 187 Å². The molecule has 6 nitrogen and oxygen atoms in total. The fourth-order valence-corrected chi connectivity index (χ4v) is 4.47. The molecule has 0 radical (unpaired) electrons. The third-order valence-electron chi connectivity index (χ3n) is 6.24. The van der Waals surface area contributed by atoms with Crippen LogP contribution in [-0.2, 0) is 6.54 Å². The van der Waals surface area contributed by atoms with E-state index >= 15 is 0 Å². The molecule has 4 rings (SSSR count). The van der Waals surface area contributed by atoms with Crippen molar-refractivity contribution in [3.8, 4) is 5.75 Å². The Morgan fingerprint density at radius 2 is 1.91 bits per heavy atom. The topological polar surface area (TPSA) is 61.6 Å². The summed E-state index contributed by atoms with van der Waals surface area (Å²) in [4.78, 5) is 22.4. The van der Waals surface area contributed by atoms with Gasteiger partial charge in [-0.05, 0) is 48.9 Å². The number of likely N-dealkylation sites (N-methyl/N-ethyl adjacent to an activating group) is 1. The van der Waals surface area contributed by atoms with Crippen LogP contribution in [-0.4, -0.2) is 57.2 Å². The van der Waals surface area contributed by atoms with E-state index in [9.17, 15) is 14.3 Å². The first kappa shape index (κ1) is 22.2. The minimum atomic E-state index is -0.530. The van der Waals surface area contributed by atoms with Crippen LogP contribution >= 0.6 is 0 Å². The zero-order chi connectivity index (χ0) is 22.7. The van der Waals surface area contributed by atoms with Gasteiger partial charge < -0.3 is 14.6 Å². The number of pyridine rings is 2. The summed E-state index contributed by atoms with van der Waals surface area (Å²) < 4.78 is 15.8. The number of aromatic nitrogens is 2. The summed E-state index contributed by atoms with van der Waals surface area (Å²) in [5.74, 6) is -0.413. The lowest BCUT2D eigenvalue weighted by molar-refractivity contribution is 0.111. The molecule has 0 amide bonds. The summed E-state index contributed by atoms with van der Waals surface area (Å²) in [5, 5.41) is 10.9. The van der Waals surface area contributed by atoms with Gasteiger partial charge >= 0.3 is 0 Å². The molecule has 1 aliphatic heterocycles. The second-order valence-electron chi connectivity index (χ2n) is 8.26. The minimum absolute atomic E-state index is 0.0536. The molecular weight excluding hydrogens is 407 g/mol. The maximum Gasteiger partial charge on any atom is 0.259 e. The number of hydrogen-bond donors (Lipinski definition) is 1. The summed E-state index contributed by atoms with van der Waals surface area (Å²) in [6.07, 6.45) is 3.42. The van der Waals surface area contributed by atoms with Gasteiger partial charge in [0.2, 0.25) is 0 Å². The van der Waals surface area contributed by atoms with Crippen molar-refractivity contribution < 1.29 is 9.50 Å². The summed E-state index contributed by atoms with van der Waals surface area (Å²) in [6, 6.07) is 11.2. The van der Waals surface area contributed by atoms with E-state index < -0.39 is 6.04 Å². The van der Waals surface area contributed by atoms with Crippen LogP contribution < -0.4 is 5.56 Å². The number of aromatic hydroxyl groups is 1. The van der Waals surface area contributed by atoms with Crippen molar-refractivity contribution in [1.82, 2.24) is 19.4 Å². The highest BCUT2D eigenvalue weighted by atomic mass is 19.1. The van der Waals surface area contributed by atoms with Gasteiger partial charge in [0, 0.05) is 44.3 Å². The van der Waals surface area contributed by atoms with E-state index in [4.69, 9.17) is 0 Å². The van der Waals surface area contributed by atoms with E-state index in [0.29, 0.717) is 17.8 Å². The molecule has 0 saturated carbocycles. The average Bonchev–Trinajstić information content (AvgIpc) is 2.80. The number of aryl methyl sites for hydroxylation is 1. The van der Waals surface area contributed by atoms with Crippen molar-refractivity contribution in [1.29, 1.82) is 0 Å². The molecule has 3 heterocycles. The predicted octanol–water partition coefficient (Wildman–Crippen LogP) is 3.17. The van der Waals surface area contributed by atoms with Gasteiger partial charge in [0.15, 0.2) is 0 Å². The van der Waals surface area contributed by atoms with Crippen molar-refractivity contribution >= 4 is 0 Å². The fraction of sp³-hybridized carbons (Fsp3) is 0.360. The molecule has 1 atom stereocenters. The lowest BCUT2D eigenvalue weighted by Crippen LogP contribution is -2.48. The monoisotopic (exact) mass is 436 g/mol. The Kier molecular flexibility index (Phi) is 6.67. The lowest BCUT2D eigenvalue weighted by Gasteiger charge is -2.39. The van der Waals surface area contributed by atoms with Crippen molar-refractivity contribution in [2.75, 3.05) is 32.7 Å². The molecule has 1 aliphatic rings. The van der Waals surface area contributed by atoms with Crippen LogP contribution in [0.3, 0.4) is 0 Å². The summed E-state index contributed by atoms with van der Waals surface area (Å²) in [5.41, 5.74) is 2.25. The Hall–Kier alpha value is -3.03. The van der Waals surface area contributed by atoms with Gasteiger partial charge in [0.05, 0.1) is 18.2 Å². The predicted molar refractivity (Wildman–Crippen MR) is 122 cm³/mol. The standard InChI is InChI=1S/C25H29FN4O2/c1-3-28-10-12-29(13-11-28)24(20-7-4-8-21(26)15-20)23-22(31)14-18(2)30(25(23)32)17-19-6-5-9-27-16-19/h4-9,14-16,24,31H,3,10-13,17H2,1-2H3. The Morgan fingerprint density at radius 3 is 2.56 bits per heavy atom. The van der Waals surface area contributed by atoms with Gasteiger partial charge in [-0.3, -0.25) is 14.7 Å². The molecule has 0 aliphatic carbocycles. The minimum Gasteiger partial charge on any atom is -0.507 e. The molecule has 1 fully saturated rings. The third-order valence-corrected chi connectivity index (χ3v) is 6.24. The van der Waals surface area contributed by atoms with Gasteiger partial charge in [0.1, 0.15) is 11.6 Å². The molecule has 0 bridgehead atoms. The molecule has 1 saturated heterocycles. The van der Waals surface area contributed by atoms with Crippen molar-refractivity contribution in [3.05, 3.63) is 93.4 Å². The summed E-state index contributed by atoms with van der Waals surface area (Å²) in [7, 11) is 0. The fourth-order valence-electron chi connectivity index (χ4n) is 4.47.